The van der Waals surface area contributed by atoms with E-state index in [1.165, 1.54) is 11.1 Å². The van der Waals surface area contributed by atoms with Crippen LogP contribution in [0.1, 0.15) is 48.4 Å². The number of carbonyl (C=O) groups is 1. The summed E-state index contributed by atoms with van der Waals surface area (Å²) < 4.78 is 26.0. The van der Waals surface area contributed by atoms with Crippen molar-refractivity contribution in [1.82, 2.24) is 5.32 Å². The molecule has 1 aliphatic rings. The maximum absolute atomic E-state index is 13.0. The smallest absolute Gasteiger partial charge is 0.232 e. The first kappa shape index (κ1) is 20.4. The summed E-state index contributed by atoms with van der Waals surface area (Å²) in [7, 11) is -3.30. The van der Waals surface area contributed by atoms with E-state index in [-0.39, 0.29) is 11.7 Å². The lowest BCUT2D eigenvalue weighted by atomic mass is 9.63. The number of sulfonamides is 1. The van der Waals surface area contributed by atoms with Gasteiger partial charge in [-0.05, 0) is 68.0 Å². The van der Waals surface area contributed by atoms with E-state index in [4.69, 9.17) is 0 Å². The molecule has 0 bridgehead atoms. The van der Waals surface area contributed by atoms with Gasteiger partial charge in [0.05, 0.1) is 11.2 Å². The zero-order valence-corrected chi connectivity index (χ0v) is 17.5. The maximum Gasteiger partial charge on any atom is 0.232 e. The van der Waals surface area contributed by atoms with Crippen molar-refractivity contribution in [2.24, 2.45) is 0 Å². The zero-order valence-electron chi connectivity index (χ0n) is 16.7. The molecule has 2 aromatic carbocycles. The lowest BCUT2D eigenvalue weighted by molar-refractivity contribution is -0.130. The van der Waals surface area contributed by atoms with Crippen LogP contribution in [0.5, 0.6) is 0 Å². The molecule has 1 amide bonds. The van der Waals surface area contributed by atoms with Gasteiger partial charge in [-0.25, -0.2) is 8.42 Å². The number of benzene rings is 2. The summed E-state index contributed by atoms with van der Waals surface area (Å²) in [5.41, 5.74) is 4.50. The van der Waals surface area contributed by atoms with Crippen molar-refractivity contribution in [3.63, 3.8) is 0 Å². The molecule has 28 heavy (non-hydrogen) atoms. The average Bonchev–Trinajstić information content (AvgIpc) is 2.63. The van der Waals surface area contributed by atoms with E-state index >= 15 is 0 Å². The topological polar surface area (TPSA) is 75.3 Å². The van der Waals surface area contributed by atoms with Crippen LogP contribution in [-0.4, -0.2) is 20.1 Å². The molecule has 0 spiro atoms. The minimum Gasteiger partial charge on any atom is -0.351 e. The van der Waals surface area contributed by atoms with Gasteiger partial charge in [0.2, 0.25) is 15.9 Å². The molecule has 0 unspecified atom stereocenters. The Labute approximate surface area is 167 Å². The van der Waals surface area contributed by atoms with Crippen LogP contribution >= 0.6 is 0 Å². The molecule has 6 heteroatoms. The number of hydrogen-bond donors (Lipinski definition) is 2. The van der Waals surface area contributed by atoms with Gasteiger partial charge in [0.1, 0.15) is 0 Å². The van der Waals surface area contributed by atoms with Crippen molar-refractivity contribution >= 4 is 21.6 Å². The van der Waals surface area contributed by atoms with Crippen LogP contribution in [0.25, 0.3) is 0 Å². The highest BCUT2D eigenvalue weighted by Gasteiger charge is 2.45. The molecule has 0 atom stereocenters. The normalized spacial score (nSPS) is 15.5. The van der Waals surface area contributed by atoms with Crippen LogP contribution in [0.2, 0.25) is 0 Å². The molecule has 150 valence electrons. The molecule has 5 nitrogen and oxygen atoms in total. The summed E-state index contributed by atoms with van der Waals surface area (Å²) in [4.78, 5) is 13.0. The molecule has 0 heterocycles. The van der Waals surface area contributed by atoms with Crippen LogP contribution in [-0.2, 0) is 26.8 Å². The summed E-state index contributed by atoms with van der Waals surface area (Å²) >= 11 is 0. The number of nitrogens with one attached hydrogen (secondary N) is 2. The van der Waals surface area contributed by atoms with E-state index in [1.54, 1.807) is 19.1 Å². The summed E-state index contributed by atoms with van der Waals surface area (Å²) in [6, 6.07) is 13.4. The highest BCUT2D eigenvalue weighted by Crippen LogP contribution is 2.44. The molecule has 0 saturated heterocycles. The fourth-order valence-electron chi connectivity index (χ4n) is 3.55. The van der Waals surface area contributed by atoms with Gasteiger partial charge in [-0.3, -0.25) is 9.52 Å². The summed E-state index contributed by atoms with van der Waals surface area (Å²) in [5.74, 6) is 0.0680. The first-order valence-corrected chi connectivity index (χ1v) is 11.4. The summed E-state index contributed by atoms with van der Waals surface area (Å²) in [6.07, 6.45) is 2.64. The van der Waals surface area contributed by atoms with E-state index in [0.29, 0.717) is 12.2 Å². The van der Waals surface area contributed by atoms with Crippen LogP contribution in [0.3, 0.4) is 0 Å². The SMILES string of the molecule is CCS(=O)(=O)Nc1ccc(C2(C(=O)NCc3ccc(C)c(C)c3)CCC2)cc1. The summed E-state index contributed by atoms with van der Waals surface area (Å²) in [5, 5.41) is 3.10. The van der Waals surface area contributed by atoms with E-state index in [2.05, 4.69) is 36.0 Å². The Balaban J connectivity index is 1.71. The predicted octanol–water partition coefficient (Wildman–Crippen LogP) is 3.80. The maximum atomic E-state index is 13.0. The number of carbonyl (C=O) groups excluding carboxylic acids is 1. The molecule has 1 saturated carbocycles. The Hall–Kier alpha value is -2.34. The minimum atomic E-state index is -3.30. The van der Waals surface area contributed by atoms with Gasteiger partial charge < -0.3 is 5.32 Å². The Kier molecular flexibility index (Phi) is 5.79. The van der Waals surface area contributed by atoms with Gasteiger partial charge in [-0.15, -0.1) is 0 Å². The first-order valence-electron chi connectivity index (χ1n) is 9.71. The van der Waals surface area contributed by atoms with Gasteiger partial charge >= 0.3 is 0 Å². The zero-order chi connectivity index (χ0) is 20.4. The molecule has 0 radical (unpaired) electrons. The lowest BCUT2D eigenvalue weighted by Gasteiger charge is -2.40. The second-order valence-electron chi connectivity index (χ2n) is 7.62. The molecule has 1 fully saturated rings. The van der Waals surface area contributed by atoms with Gasteiger partial charge in [-0.2, -0.15) is 0 Å². The van der Waals surface area contributed by atoms with E-state index < -0.39 is 15.4 Å². The average molecular weight is 401 g/mol. The second kappa shape index (κ2) is 7.95. The largest absolute Gasteiger partial charge is 0.351 e. The molecule has 0 aliphatic heterocycles. The number of anilines is 1. The minimum absolute atomic E-state index is 0.0274. The standard InChI is InChI=1S/C22H28N2O3S/c1-4-28(26,27)24-20-10-8-19(9-11-20)22(12-5-13-22)21(25)23-15-18-7-6-16(2)17(3)14-18/h6-11,14,24H,4-5,12-13,15H2,1-3H3,(H,23,25). The van der Waals surface area contributed by atoms with Crippen molar-refractivity contribution in [3.05, 3.63) is 64.7 Å². The number of amides is 1. The Morgan fingerprint density at radius 3 is 2.25 bits per heavy atom. The molecule has 2 N–H and O–H groups in total. The molecular formula is C22H28N2O3S. The van der Waals surface area contributed by atoms with Crippen LogP contribution in [0.15, 0.2) is 42.5 Å². The van der Waals surface area contributed by atoms with Gasteiger partial charge in [0.15, 0.2) is 0 Å². The fourth-order valence-corrected chi connectivity index (χ4v) is 4.19. The predicted molar refractivity (Wildman–Crippen MR) is 113 cm³/mol. The third kappa shape index (κ3) is 4.22. The highest BCUT2D eigenvalue weighted by atomic mass is 32.2. The Bertz CT molecular complexity index is 962. The highest BCUT2D eigenvalue weighted by molar-refractivity contribution is 7.92. The van der Waals surface area contributed by atoms with Crippen LogP contribution < -0.4 is 10.0 Å². The van der Waals surface area contributed by atoms with Gasteiger partial charge in [-0.1, -0.05) is 36.8 Å². The molecule has 3 rings (SSSR count). The van der Waals surface area contributed by atoms with Crippen molar-refractivity contribution in [1.29, 1.82) is 0 Å². The van der Waals surface area contributed by atoms with Gasteiger partial charge in [0, 0.05) is 12.2 Å². The molecule has 0 aromatic heterocycles. The van der Waals surface area contributed by atoms with Crippen molar-refractivity contribution in [2.45, 2.75) is 52.0 Å². The molecule has 2 aromatic rings. The quantitative estimate of drug-likeness (QED) is 0.742. The summed E-state index contributed by atoms with van der Waals surface area (Å²) in [6.45, 7) is 6.25. The molecule has 1 aliphatic carbocycles. The Morgan fingerprint density at radius 1 is 1.04 bits per heavy atom. The van der Waals surface area contributed by atoms with E-state index in [9.17, 15) is 13.2 Å². The second-order valence-corrected chi connectivity index (χ2v) is 9.63. The van der Waals surface area contributed by atoms with Crippen molar-refractivity contribution < 1.29 is 13.2 Å². The van der Waals surface area contributed by atoms with E-state index in [0.717, 1.165) is 30.4 Å². The monoisotopic (exact) mass is 400 g/mol. The first-order chi connectivity index (χ1) is 13.3. The molecular weight excluding hydrogens is 372 g/mol. The number of aryl methyl sites for hydroxylation is 2. The van der Waals surface area contributed by atoms with E-state index in [1.807, 2.05) is 18.2 Å². The lowest BCUT2D eigenvalue weighted by Crippen LogP contribution is -2.49. The third-order valence-corrected chi connectivity index (χ3v) is 7.06. The number of hydrogen-bond acceptors (Lipinski definition) is 3. The van der Waals surface area contributed by atoms with Crippen LogP contribution in [0, 0.1) is 13.8 Å². The fraction of sp³-hybridized carbons (Fsp3) is 0.409. The number of rotatable bonds is 7. The Morgan fingerprint density at radius 2 is 1.71 bits per heavy atom. The van der Waals surface area contributed by atoms with Gasteiger partial charge in [0.25, 0.3) is 0 Å². The van der Waals surface area contributed by atoms with Crippen LogP contribution in [0.4, 0.5) is 5.69 Å². The van der Waals surface area contributed by atoms with Crippen molar-refractivity contribution in [2.75, 3.05) is 10.5 Å². The third-order valence-electron chi connectivity index (χ3n) is 5.76. The van der Waals surface area contributed by atoms with Crippen molar-refractivity contribution in [3.8, 4) is 0 Å².